The standard InChI is InChI=1S/C10H11N3O/c1-7(2)10(14)8-3-4-9-11-6-12-13(9)5-8/h3-7H,1-2H3. The topological polar surface area (TPSA) is 47.3 Å². The third-order valence-corrected chi connectivity index (χ3v) is 2.08. The minimum atomic E-state index is 0.0102. The molecule has 0 radical (unpaired) electrons. The summed E-state index contributed by atoms with van der Waals surface area (Å²) in [6.07, 6.45) is 3.18. The highest BCUT2D eigenvalue weighted by molar-refractivity contribution is 5.97. The summed E-state index contributed by atoms with van der Waals surface area (Å²) in [7, 11) is 0. The van der Waals surface area contributed by atoms with Crippen LogP contribution >= 0.6 is 0 Å². The molecule has 0 unspecified atom stereocenters. The molecule has 0 aromatic carbocycles. The Morgan fingerprint density at radius 1 is 1.43 bits per heavy atom. The van der Waals surface area contributed by atoms with E-state index in [1.165, 1.54) is 6.33 Å². The Morgan fingerprint density at radius 2 is 2.21 bits per heavy atom. The fourth-order valence-corrected chi connectivity index (χ4v) is 1.30. The Hall–Kier alpha value is -1.71. The highest BCUT2D eigenvalue weighted by Crippen LogP contribution is 2.08. The molecule has 2 heterocycles. The van der Waals surface area contributed by atoms with Crippen molar-refractivity contribution < 1.29 is 4.79 Å². The van der Waals surface area contributed by atoms with Crippen LogP contribution in [-0.4, -0.2) is 20.4 Å². The van der Waals surface area contributed by atoms with E-state index < -0.39 is 0 Å². The second-order valence-corrected chi connectivity index (χ2v) is 3.50. The zero-order valence-electron chi connectivity index (χ0n) is 8.14. The van der Waals surface area contributed by atoms with Crippen LogP contribution in [-0.2, 0) is 0 Å². The normalized spacial score (nSPS) is 11.1. The molecule has 2 aromatic rings. The van der Waals surface area contributed by atoms with E-state index in [0.29, 0.717) is 5.56 Å². The summed E-state index contributed by atoms with van der Waals surface area (Å²) in [6, 6.07) is 3.58. The molecule has 0 N–H and O–H groups in total. The van der Waals surface area contributed by atoms with Gasteiger partial charge in [0.05, 0.1) is 0 Å². The molecule has 2 aromatic heterocycles. The highest BCUT2D eigenvalue weighted by Gasteiger charge is 2.10. The maximum absolute atomic E-state index is 11.6. The van der Waals surface area contributed by atoms with Crippen molar-refractivity contribution in [3.05, 3.63) is 30.2 Å². The third-order valence-electron chi connectivity index (χ3n) is 2.08. The first kappa shape index (κ1) is 8.87. The molecule has 0 aliphatic carbocycles. The van der Waals surface area contributed by atoms with Crippen molar-refractivity contribution in [2.45, 2.75) is 13.8 Å². The Kier molecular flexibility index (Phi) is 2.04. The van der Waals surface area contributed by atoms with Gasteiger partial charge in [-0.25, -0.2) is 9.50 Å². The lowest BCUT2D eigenvalue weighted by atomic mass is 10.0. The molecule has 0 fully saturated rings. The van der Waals surface area contributed by atoms with E-state index in [4.69, 9.17) is 0 Å². The number of aromatic nitrogens is 3. The van der Waals surface area contributed by atoms with Crippen molar-refractivity contribution in [1.82, 2.24) is 14.6 Å². The second-order valence-electron chi connectivity index (χ2n) is 3.50. The number of rotatable bonds is 2. The zero-order valence-corrected chi connectivity index (χ0v) is 8.14. The minimum Gasteiger partial charge on any atom is -0.294 e. The first-order valence-electron chi connectivity index (χ1n) is 4.52. The monoisotopic (exact) mass is 189 g/mol. The SMILES string of the molecule is CC(C)C(=O)c1ccc2ncnn2c1. The molecule has 0 saturated carbocycles. The number of carbonyl (C=O) groups excluding carboxylic acids is 1. The van der Waals surface area contributed by atoms with E-state index >= 15 is 0 Å². The highest BCUT2D eigenvalue weighted by atomic mass is 16.1. The van der Waals surface area contributed by atoms with E-state index in [-0.39, 0.29) is 11.7 Å². The summed E-state index contributed by atoms with van der Waals surface area (Å²) >= 11 is 0. The number of Topliss-reactive ketones (excluding diaryl/α,β-unsaturated/α-hetero) is 1. The molecule has 0 aliphatic heterocycles. The van der Waals surface area contributed by atoms with Gasteiger partial charge in [-0.3, -0.25) is 4.79 Å². The molecular formula is C10H11N3O. The predicted octanol–water partition coefficient (Wildman–Crippen LogP) is 1.57. The average Bonchev–Trinajstić information content (AvgIpc) is 2.62. The summed E-state index contributed by atoms with van der Waals surface area (Å²) in [5, 5.41) is 3.97. The molecule has 0 spiro atoms. The first-order valence-corrected chi connectivity index (χ1v) is 4.52. The van der Waals surface area contributed by atoms with Crippen LogP contribution in [0.15, 0.2) is 24.7 Å². The lowest BCUT2D eigenvalue weighted by Gasteiger charge is -2.03. The van der Waals surface area contributed by atoms with Gasteiger partial charge in [0.1, 0.15) is 6.33 Å². The van der Waals surface area contributed by atoms with Crippen LogP contribution in [0.25, 0.3) is 5.65 Å². The maximum atomic E-state index is 11.6. The van der Waals surface area contributed by atoms with E-state index in [2.05, 4.69) is 10.1 Å². The number of nitrogens with zero attached hydrogens (tertiary/aromatic N) is 3. The Balaban J connectivity index is 2.48. The molecular weight excluding hydrogens is 178 g/mol. The predicted molar refractivity (Wildman–Crippen MR) is 52.2 cm³/mol. The summed E-state index contributed by atoms with van der Waals surface area (Å²) in [4.78, 5) is 15.7. The van der Waals surface area contributed by atoms with Gasteiger partial charge in [0.15, 0.2) is 11.4 Å². The van der Waals surface area contributed by atoms with Crippen molar-refractivity contribution >= 4 is 11.4 Å². The van der Waals surface area contributed by atoms with Gasteiger partial charge in [-0.15, -0.1) is 0 Å². The first-order chi connectivity index (χ1) is 6.68. The number of ketones is 1. The van der Waals surface area contributed by atoms with Gasteiger partial charge in [-0.2, -0.15) is 5.10 Å². The van der Waals surface area contributed by atoms with Crippen LogP contribution < -0.4 is 0 Å². The van der Waals surface area contributed by atoms with Gasteiger partial charge in [0, 0.05) is 17.7 Å². The van der Waals surface area contributed by atoms with Gasteiger partial charge >= 0.3 is 0 Å². The summed E-state index contributed by atoms with van der Waals surface area (Å²) in [6.45, 7) is 3.77. The van der Waals surface area contributed by atoms with Crippen molar-refractivity contribution in [3.8, 4) is 0 Å². The summed E-state index contributed by atoms with van der Waals surface area (Å²) in [5.41, 5.74) is 1.43. The third kappa shape index (κ3) is 1.39. The molecule has 72 valence electrons. The van der Waals surface area contributed by atoms with Crippen molar-refractivity contribution in [3.63, 3.8) is 0 Å². The summed E-state index contributed by atoms with van der Waals surface area (Å²) < 4.78 is 1.61. The quantitative estimate of drug-likeness (QED) is 0.673. The van der Waals surface area contributed by atoms with Crippen molar-refractivity contribution in [2.24, 2.45) is 5.92 Å². The van der Waals surface area contributed by atoms with Crippen LogP contribution in [0.5, 0.6) is 0 Å². The molecule has 0 saturated heterocycles. The van der Waals surface area contributed by atoms with Crippen molar-refractivity contribution in [1.29, 1.82) is 0 Å². The Labute approximate surface area is 81.6 Å². The Morgan fingerprint density at radius 3 is 2.93 bits per heavy atom. The number of pyridine rings is 1. The molecule has 0 aliphatic rings. The molecule has 0 atom stereocenters. The minimum absolute atomic E-state index is 0.0102. The van der Waals surface area contributed by atoms with Crippen molar-refractivity contribution in [2.75, 3.05) is 0 Å². The van der Waals surface area contributed by atoms with E-state index in [1.54, 1.807) is 22.8 Å². The van der Waals surface area contributed by atoms with Gasteiger partial charge in [-0.05, 0) is 12.1 Å². The largest absolute Gasteiger partial charge is 0.294 e. The van der Waals surface area contributed by atoms with E-state index in [9.17, 15) is 4.79 Å². The van der Waals surface area contributed by atoms with Crippen LogP contribution in [0.3, 0.4) is 0 Å². The maximum Gasteiger partial charge on any atom is 0.166 e. The van der Waals surface area contributed by atoms with E-state index in [0.717, 1.165) is 5.65 Å². The number of hydrogen-bond donors (Lipinski definition) is 0. The van der Waals surface area contributed by atoms with Gasteiger partial charge in [0.25, 0.3) is 0 Å². The molecule has 2 rings (SSSR count). The van der Waals surface area contributed by atoms with Crippen LogP contribution in [0.4, 0.5) is 0 Å². The van der Waals surface area contributed by atoms with Gasteiger partial charge < -0.3 is 0 Å². The fourth-order valence-electron chi connectivity index (χ4n) is 1.30. The van der Waals surface area contributed by atoms with Crippen LogP contribution in [0, 0.1) is 5.92 Å². The zero-order chi connectivity index (χ0) is 10.1. The molecule has 4 nitrogen and oxygen atoms in total. The fraction of sp³-hybridized carbons (Fsp3) is 0.300. The average molecular weight is 189 g/mol. The number of carbonyl (C=O) groups is 1. The van der Waals surface area contributed by atoms with Gasteiger partial charge in [-0.1, -0.05) is 13.8 Å². The smallest absolute Gasteiger partial charge is 0.166 e. The van der Waals surface area contributed by atoms with E-state index in [1.807, 2.05) is 13.8 Å². The Bertz CT molecular complexity index is 473. The summed E-state index contributed by atoms with van der Waals surface area (Å²) in [5.74, 6) is 0.137. The van der Waals surface area contributed by atoms with Crippen LogP contribution in [0.2, 0.25) is 0 Å². The molecule has 4 heteroatoms. The molecule has 0 bridgehead atoms. The van der Waals surface area contributed by atoms with Crippen LogP contribution in [0.1, 0.15) is 24.2 Å². The van der Waals surface area contributed by atoms with Gasteiger partial charge in [0.2, 0.25) is 0 Å². The molecule has 0 amide bonds. The lowest BCUT2D eigenvalue weighted by Crippen LogP contribution is -2.08. The molecule has 14 heavy (non-hydrogen) atoms. The second kappa shape index (κ2) is 3.21. The lowest BCUT2D eigenvalue weighted by molar-refractivity contribution is 0.0939. The number of fused-ring (bicyclic) bond motifs is 1. The number of hydrogen-bond acceptors (Lipinski definition) is 3.